The van der Waals surface area contributed by atoms with Crippen molar-refractivity contribution in [3.63, 3.8) is 0 Å². The predicted octanol–water partition coefficient (Wildman–Crippen LogP) is 1.70. The zero-order valence-corrected chi connectivity index (χ0v) is 12.8. The Balaban J connectivity index is 2.10. The van der Waals surface area contributed by atoms with Crippen LogP contribution in [0.1, 0.15) is 12.6 Å². The van der Waals surface area contributed by atoms with Crippen molar-refractivity contribution in [3.05, 3.63) is 30.4 Å². The summed E-state index contributed by atoms with van der Waals surface area (Å²) in [5.74, 6) is -0.319. The van der Waals surface area contributed by atoms with E-state index in [9.17, 15) is 4.79 Å². The average Bonchev–Trinajstić information content (AvgIpc) is 3.04. The highest BCUT2D eigenvalue weighted by Gasteiger charge is 2.16. The molecule has 0 saturated carbocycles. The zero-order chi connectivity index (χ0) is 15.7. The molecule has 0 aromatic carbocycles. The quantitative estimate of drug-likeness (QED) is 0.685. The molecule has 3 heterocycles. The van der Waals surface area contributed by atoms with Crippen molar-refractivity contribution in [1.82, 2.24) is 24.5 Å². The van der Waals surface area contributed by atoms with Gasteiger partial charge in [-0.25, -0.2) is 9.67 Å². The van der Waals surface area contributed by atoms with Gasteiger partial charge in [-0.3, -0.25) is 9.48 Å². The number of aryl methyl sites for hydroxylation is 2. The van der Waals surface area contributed by atoms with Crippen molar-refractivity contribution in [2.45, 2.75) is 20.4 Å². The van der Waals surface area contributed by atoms with Gasteiger partial charge in [0.25, 0.3) is 0 Å². The lowest BCUT2D eigenvalue weighted by Gasteiger charge is -2.04. The first-order chi connectivity index (χ1) is 10.6. The molecule has 0 atom stereocenters. The van der Waals surface area contributed by atoms with E-state index in [1.54, 1.807) is 28.7 Å². The van der Waals surface area contributed by atoms with Crippen molar-refractivity contribution in [1.29, 1.82) is 0 Å². The van der Waals surface area contributed by atoms with Crippen molar-refractivity contribution < 1.29 is 9.53 Å². The van der Waals surface area contributed by atoms with Gasteiger partial charge in [-0.2, -0.15) is 10.2 Å². The highest BCUT2D eigenvalue weighted by molar-refractivity contribution is 5.94. The minimum Gasteiger partial charge on any atom is -0.465 e. The summed E-state index contributed by atoms with van der Waals surface area (Å²) in [5.41, 5.74) is 3.50. The average molecular weight is 299 g/mol. The van der Waals surface area contributed by atoms with Gasteiger partial charge in [0.1, 0.15) is 6.54 Å². The molecule has 114 valence electrons. The molecule has 0 aliphatic carbocycles. The minimum absolute atomic E-state index is 0.0572. The van der Waals surface area contributed by atoms with Crippen LogP contribution in [0.3, 0.4) is 0 Å². The monoisotopic (exact) mass is 299 g/mol. The van der Waals surface area contributed by atoms with E-state index < -0.39 is 0 Å². The second-order valence-corrected chi connectivity index (χ2v) is 5.01. The molecular weight excluding hydrogens is 282 g/mol. The summed E-state index contributed by atoms with van der Waals surface area (Å²) in [4.78, 5) is 16.1. The van der Waals surface area contributed by atoms with Gasteiger partial charge in [0.05, 0.1) is 18.5 Å². The van der Waals surface area contributed by atoms with Crippen LogP contribution in [0.15, 0.2) is 24.7 Å². The number of rotatable bonds is 4. The molecule has 0 N–H and O–H groups in total. The summed E-state index contributed by atoms with van der Waals surface area (Å²) in [7, 11) is 1.87. The molecule has 0 saturated heterocycles. The largest absolute Gasteiger partial charge is 0.465 e. The number of esters is 1. The fourth-order valence-electron chi connectivity index (χ4n) is 2.52. The van der Waals surface area contributed by atoms with E-state index in [-0.39, 0.29) is 12.5 Å². The van der Waals surface area contributed by atoms with E-state index in [1.807, 2.05) is 26.2 Å². The van der Waals surface area contributed by atoms with Crippen LogP contribution in [0.5, 0.6) is 0 Å². The molecular formula is C15H17N5O2. The maximum Gasteiger partial charge on any atom is 0.327 e. The summed E-state index contributed by atoms with van der Waals surface area (Å²) >= 11 is 0. The lowest BCUT2D eigenvalue weighted by atomic mass is 10.1. The van der Waals surface area contributed by atoms with Gasteiger partial charge < -0.3 is 4.74 Å². The number of hydrogen-bond acceptors (Lipinski definition) is 5. The molecule has 3 rings (SSSR count). The lowest BCUT2D eigenvalue weighted by molar-refractivity contribution is -0.143. The molecule has 7 heteroatoms. The molecule has 22 heavy (non-hydrogen) atoms. The van der Waals surface area contributed by atoms with Gasteiger partial charge in [-0.05, 0) is 25.5 Å². The van der Waals surface area contributed by atoms with Gasteiger partial charge in [0.2, 0.25) is 0 Å². The Hall–Kier alpha value is -2.70. The Morgan fingerprint density at radius 3 is 2.91 bits per heavy atom. The van der Waals surface area contributed by atoms with E-state index in [2.05, 4.69) is 15.2 Å². The van der Waals surface area contributed by atoms with Crippen LogP contribution in [0.2, 0.25) is 0 Å². The molecule has 0 unspecified atom stereocenters. The maximum atomic E-state index is 11.7. The van der Waals surface area contributed by atoms with Crippen LogP contribution in [0.25, 0.3) is 22.2 Å². The summed E-state index contributed by atoms with van der Waals surface area (Å²) in [6.07, 6.45) is 5.46. The Bertz CT molecular complexity index is 834. The lowest BCUT2D eigenvalue weighted by Crippen LogP contribution is -2.14. The minimum atomic E-state index is -0.319. The van der Waals surface area contributed by atoms with Gasteiger partial charge >= 0.3 is 5.97 Å². The second-order valence-electron chi connectivity index (χ2n) is 5.01. The highest BCUT2D eigenvalue weighted by Crippen LogP contribution is 2.29. The molecule has 0 amide bonds. The Morgan fingerprint density at radius 2 is 2.23 bits per heavy atom. The number of fused-ring (bicyclic) bond motifs is 1. The zero-order valence-electron chi connectivity index (χ0n) is 12.8. The molecule has 0 aliphatic heterocycles. The van der Waals surface area contributed by atoms with E-state index >= 15 is 0 Å². The van der Waals surface area contributed by atoms with Crippen molar-refractivity contribution in [2.24, 2.45) is 7.05 Å². The summed E-state index contributed by atoms with van der Waals surface area (Å²) in [6, 6.07) is 1.93. The van der Waals surface area contributed by atoms with Crippen molar-refractivity contribution >= 4 is 17.0 Å². The molecule has 0 radical (unpaired) electrons. The van der Waals surface area contributed by atoms with Crippen LogP contribution in [0, 0.1) is 6.92 Å². The van der Waals surface area contributed by atoms with Crippen LogP contribution >= 0.6 is 0 Å². The molecule has 3 aromatic heterocycles. The molecule has 0 spiro atoms. The van der Waals surface area contributed by atoms with E-state index in [0.717, 1.165) is 22.2 Å². The SMILES string of the molecule is CCOC(=O)Cn1nc(C)c2c(-c3cnn(C)c3)ccnc21. The van der Waals surface area contributed by atoms with Gasteiger partial charge in [0, 0.05) is 30.4 Å². The molecule has 7 nitrogen and oxygen atoms in total. The van der Waals surface area contributed by atoms with E-state index in [0.29, 0.717) is 12.3 Å². The van der Waals surface area contributed by atoms with E-state index in [1.165, 1.54) is 0 Å². The van der Waals surface area contributed by atoms with Crippen LogP contribution < -0.4 is 0 Å². The Labute approximate surface area is 127 Å². The number of carbonyl (C=O) groups excluding carboxylic acids is 1. The Kier molecular flexibility index (Phi) is 3.62. The number of ether oxygens (including phenoxy) is 1. The smallest absolute Gasteiger partial charge is 0.327 e. The summed E-state index contributed by atoms with van der Waals surface area (Å²) in [5, 5.41) is 9.57. The van der Waals surface area contributed by atoms with Crippen LogP contribution in [-0.4, -0.2) is 37.1 Å². The number of carbonyl (C=O) groups is 1. The molecule has 0 bridgehead atoms. The molecule has 0 aliphatic rings. The first-order valence-corrected chi connectivity index (χ1v) is 7.07. The standard InChI is InChI=1S/C15H17N5O2/c1-4-22-13(21)9-20-15-14(10(2)18-20)12(5-6-16-15)11-7-17-19(3)8-11/h5-8H,4,9H2,1-3H3. The second kappa shape index (κ2) is 5.59. The highest BCUT2D eigenvalue weighted by atomic mass is 16.5. The normalized spacial score (nSPS) is 11.0. The fraction of sp³-hybridized carbons (Fsp3) is 0.333. The third kappa shape index (κ3) is 2.45. The summed E-state index contributed by atoms with van der Waals surface area (Å²) in [6.45, 7) is 4.10. The number of nitrogens with zero attached hydrogens (tertiary/aromatic N) is 5. The topological polar surface area (TPSA) is 74.8 Å². The van der Waals surface area contributed by atoms with Crippen molar-refractivity contribution in [2.75, 3.05) is 6.61 Å². The van der Waals surface area contributed by atoms with E-state index in [4.69, 9.17) is 4.74 Å². The van der Waals surface area contributed by atoms with Crippen LogP contribution in [-0.2, 0) is 23.1 Å². The third-order valence-corrected chi connectivity index (χ3v) is 3.41. The predicted molar refractivity (Wildman–Crippen MR) is 81.1 cm³/mol. The summed E-state index contributed by atoms with van der Waals surface area (Å²) < 4.78 is 8.32. The van der Waals surface area contributed by atoms with Crippen LogP contribution in [0.4, 0.5) is 0 Å². The number of hydrogen-bond donors (Lipinski definition) is 0. The maximum absolute atomic E-state index is 11.7. The molecule has 3 aromatic rings. The van der Waals surface area contributed by atoms with Gasteiger partial charge in [-0.15, -0.1) is 0 Å². The number of pyridine rings is 1. The third-order valence-electron chi connectivity index (χ3n) is 3.41. The van der Waals surface area contributed by atoms with Gasteiger partial charge in [-0.1, -0.05) is 0 Å². The Morgan fingerprint density at radius 1 is 1.41 bits per heavy atom. The number of aromatic nitrogens is 5. The first kappa shape index (κ1) is 14.2. The van der Waals surface area contributed by atoms with Crippen molar-refractivity contribution in [3.8, 4) is 11.1 Å². The molecule has 0 fully saturated rings. The fourth-order valence-corrected chi connectivity index (χ4v) is 2.52. The first-order valence-electron chi connectivity index (χ1n) is 7.07. The van der Waals surface area contributed by atoms with Gasteiger partial charge in [0.15, 0.2) is 5.65 Å².